The first kappa shape index (κ1) is 24.6. The van der Waals surface area contributed by atoms with Gasteiger partial charge in [0.25, 0.3) is 0 Å². The fourth-order valence-corrected chi connectivity index (χ4v) is 6.59. The van der Waals surface area contributed by atoms with E-state index in [0.717, 1.165) is 30.4 Å². The average molecular weight is 502 g/mol. The van der Waals surface area contributed by atoms with Crippen LogP contribution in [0.1, 0.15) is 56.6 Å². The van der Waals surface area contributed by atoms with Gasteiger partial charge in [0.2, 0.25) is 0 Å². The van der Waals surface area contributed by atoms with Crippen LogP contribution in [-0.4, -0.2) is 59.1 Å². The maximum absolute atomic E-state index is 12.9. The second kappa shape index (κ2) is 8.77. The maximum Gasteiger partial charge on any atom is 0.352 e. The zero-order valence-corrected chi connectivity index (χ0v) is 20.3. The number of carbonyl (C=O) groups is 3. The molecular weight excluding hydrogens is 470 g/mol. The van der Waals surface area contributed by atoms with Crippen LogP contribution < -0.4 is 15.2 Å². The van der Waals surface area contributed by atoms with Crippen LogP contribution in [0.15, 0.2) is 24.0 Å². The number of aliphatic hydroxyl groups is 1. The van der Waals surface area contributed by atoms with E-state index >= 15 is 0 Å². The van der Waals surface area contributed by atoms with Crippen molar-refractivity contribution in [1.82, 2.24) is 0 Å². The number of carbonyl (C=O) groups excluding carboxylic acids is 2. The van der Waals surface area contributed by atoms with Gasteiger partial charge in [-0.25, -0.2) is 4.79 Å². The summed E-state index contributed by atoms with van der Waals surface area (Å²) in [4.78, 5) is 35.8. The van der Waals surface area contributed by atoms with E-state index in [0.29, 0.717) is 24.3 Å². The summed E-state index contributed by atoms with van der Waals surface area (Å²) in [7, 11) is 1.56. The first-order valence-electron chi connectivity index (χ1n) is 12.3. The summed E-state index contributed by atoms with van der Waals surface area (Å²) in [6.45, 7) is 1.37. The molecule has 0 amide bonds. The molecule has 6 atom stereocenters. The normalized spacial score (nSPS) is 30.7. The van der Waals surface area contributed by atoms with E-state index in [-0.39, 0.29) is 24.5 Å². The van der Waals surface area contributed by atoms with Gasteiger partial charge >= 0.3 is 17.9 Å². The van der Waals surface area contributed by atoms with Crippen LogP contribution in [0.2, 0.25) is 0 Å². The summed E-state index contributed by atoms with van der Waals surface area (Å²) in [6.07, 6.45) is 2.85. The number of nitrogens with two attached hydrogens (primary N) is 1. The van der Waals surface area contributed by atoms with Crippen molar-refractivity contribution in [2.75, 3.05) is 7.11 Å². The van der Waals surface area contributed by atoms with E-state index in [1.54, 1.807) is 13.2 Å². The molecule has 2 bridgehead atoms. The number of aliphatic carboxylic acids is 1. The lowest BCUT2D eigenvalue weighted by Crippen LogP contribution is -2.67. The minimum absolute atomic E-state index is 0.0601. The molecule has 3 aliphatic carbocycles. The highest BCUT2D eigenvalue weighted by Gasteiger charge is 2.71. The molecule has 1 aliphatic heterocycles. The smallest absolute Gasteiger partial charge is 0.352 e. The maximum atomic E-state index is 12.9. The Kier molecular flexibility index (Phi) is 5.99. The van der Waals surface area contributed by atoms with Gasteiger partial charge in [-0.3, -0.25) is 9.59 Å². The minimum Gasteiger partial charge on any atom is -0.493 e. The van der Waals surface area contributed by atoms with Gasteiger partial charge < -0.3 is 34.9 Å². The Morgan fingerprint density at radius 2 is 2.06 bits per heavy atom. The van der Waals surface area contributed by atoms with Crippen molar-refractivity contribution in [3.05, 3.63) is 35.1 Å². The van der Waals surface area contributed by atoms with Gasteiger partial charge in [-0.1, -0.05) is 12.5 Å². The predicted octanol–water partition coefficient (Wildman–Crippen LogP) is 1.74. The Bertz CT molecular complexity index is 1150. The lowest BCUT2D eigenvalue weighted by Gasteiger charge is -2.59. The van der Waals surface area contributed by atoms with Crippen molar-refractivity contribution in [3.63, 3.8) is 0 Å². The fraction of sp³-hybridized carbons (Fsp3) is 0.577. The summed E-state index contributed by atoms with van der Waals surface area (Å²) in [5.74, 6) is -1.30. The highest BCUT2D eigenvalue weighted by Crippen LogP contribution is 2.67. The third-order valence-electron chi connectivity index (χ3n) is 8.28. The molecule has 4 N–H and O–H groups in total. The zero-order valence-electron chi connectivity index (χ0n) is 20.3. The standard InChI is InChI=1S/C26H31NO9/c1-13(34-24(31)16(27)6-8-19(28)29)23(30)35-18-9-11-26(32)15-4-3-10-25(26)20-14(12-15)5-7-17(33-2)21(20)36-22(18)25/h5,7,9,13,15-16,22,32H,3-4,6,8,10-12,27H2,1-2H3,(H,28,29)/t13-,15-,16-,22+,25+,26-/m0/s1. The van der Waals surface area contributed by atoms with Crippen molar-refractivity contribution in [1.29, 1.82) is 0 Å². The van der Waals surface area contributed by atoms with E-state index in [2.05, 4.69) is 0 Å². The number of hydrogen-bond acceptors (Lipinski definition) is 9. The highest BCUT2D eigenvalue weighted by atomic mass is 16.6. The second-order valence-corrected chi connectivity index (χ2v) is 10.2. The number of rotatable bonds is 8. The Labute approximate surface area is 208 Å². The number of esters is 2. The van der Waals surface area contributed by atoms with Gasteiger partial charge in [-0.2, -0.15) is 0 Å². The largest absolute Gasteiger partial charge is 0.493 e. The van der Waals surface area contributed by atoms with Gasteiger partial charge in [0.1, 0.15) is 11.8 Å². The molecule has 1 aromatic carbocycles. The lowest BCUT2D eigenvalue weighted by molar-refractivity contribution is -0.171. The Morgan fingerprint density at radius 3 is 2.78 bits per heavy atom. The number of ether oxygens (including phenoxy) is 4. The van der Waals surface area contributed by atoms with Gasteiger partial charge in [-0.05, 0) is 62.7 Å². The molecule has 0 unspecified atom stereocenters. The van der Waals surface area contributed by atoms with Gasteiger partial charge in [-0.15, -0.1) is 0 Å². The third-order valence-corrected chi connectivity index (χ3v) is 8.28. The fourth-order valence-electron chi connectivity index (χ4n) is 6.59. The first-order chi connectivity index (χ1) is 17.1. The van der Waals surface area contributed by atoms with Crippen molar-refractivity contribution >= 4 is 17.9 Å². The Balaban J connectivity index is 1.39. The topological polar surface area (TPSA) is 155 Å². The molecule has 5 rings (SSSR count). The van der Waals surface area contributed by atoms with E-state index in [1.165, 1.54) is 6.92 Å². The molecule has 1 saturated carbocycles. The van der Waals surface area contributed by atoms with E-state index < -0.39 is 47.2 Å². The van der Waals surface area contributed by atoms with Gasteiger partial charge in [0, 0.05) is 12.0 Å². The third kappa shape index (κ3) is 3.49. The van der Waals surface area contributed by atoms with Crippen LogP contribution in [0.3, 0.4) is 0 Å². The number of methoxy groups -OCH3 is 1. The quantitative estimate of drug-likeness (QED) is 0.449. The molecule has 1 fully saturated rings. The molecule has 1 heterocycles. The molecule has 4 aliphatic rings. The van der Waals surface area contributed by atoms with Crippen LogP contribution >= 0.6 is 0 Å². The number of hydrogen-bond donors (Lipinski definition) is 3. The monoisotopic (exact) mass is 501 g/mol. The highest BCUT2D eigenvalue weighted by molar-refractivity contribution is 5.82. The number of benzene rings is 1. The lowest BCUT2D eigenvalue weighted by atomic mass is 9.47. The first-order valence-corrected chi connectivity index (χ1v) is 12.3. The average Bonchev–Trinajstić information content (AvgIpc) is 3.18. The number of carboxylic acids is 1. The molecule has 194 valence electrons. The summed E-state index contributed by atoms with van der Waals surface area (Å²) >= 11 is 0. The Hall–Kier alpha value is -3.11. The summed E-state index contributed by atoms with van der Waals surface area (Å²) in [5.41, 5.74) is 5.94. The van der Waals surface area contributed by atoms with Gasteiger partial charge in [0.15, 0.2) is 23.7 Å². The van der Waals surface area contributed by atoms with E-state index in [4.69, 9.17) is 29.8 Å². The summed E-state index contributed by atoms with van der Waals surface area (Å²) in [5, 5.41) is 20.8. The van der Waals surface area contributed by atoms with Crippen LogP contribution in [0, 0.1) is 5.92 Å². The minimum atomic E-state index is -1.27. The van der Waals surface area contributed by atoms with Crippen molar-refractivity contribution in [2.45, 2.75) is 81.1 Å². The molecule has 1 aromatic rings. The predicted molar refractivity (Wildman–Crippen MR) is 124 cm³/mol. The molecule has 10 nitrogen and oxygen atoms in total. The molecule has 10 heteroatoms. The van der Waals surface area contributed by atoms with Crippen LogP contribution in [0.5, 0.6) is 11.5 Å². The molecule has 36 heavy (non-hydrogen) atoms. The van der Waals surface area contributed by atoms with Crippen LogP contribution in [-0.2, 0) is 35.7 Å². The van der Waals surface area contributed by atoms with Crippen molar-refractivity contribution < 1.29 is 43.5 Å². The SMILES string of the molecule is COc1ccc2c3c1O[C@@H]1C(OC(=O)[C@H](C)OC(=O)[C@@H](N)CCC(=O)O)=CC[C@]4(O)[C@@H](CCC[C@@]314)C2. The van der Waals surface area contributed by atoms with Crippen LogP contribution in [0.4, 0.5) is 0 Å². The van der Waals surface area contributed by atoms with Crippen molar-refractivity contribution in [2.24, 2.45) is 11.7 Å². The molecule has 0 aromatic heterocycles. The Morgan fingerprint density at radius 1 is 1.28 bits per heavy atom. The van der Waals surface area contributed by atoms with E-state index in [1.807, 2.05) is 12.1 Å². The molecule has 0 saturated heterocycles. The second-order valence-electron chi connectivity index (χ2n) is 10.2. The van der Waals surface area contributed by atoms with Crippen LogP contribution in [0.25, 0.3) is 0 Å². The molecule has 0 radical (unpaired) electrons. The summed E-state index contributed by atoms with van der Waals surface area (Å²) < 4.78 is 22.8. The van der Waals surface area contributed by atoms with E-state index in [9.17, 15) is 19.5 Å². The zero-order chi connectivity index (χ0) is 25.8. The van der Waals surface area contributed by atoms with Gasteiger partial charge in [0.05, 0.1) is 18.1 Å². The number of carboxylic acid groups (broad SMARTS) is 1. The summed E-state index contributed by atoms with van der Waals surface area (Å²) in [6, 6.07) is 2.73. The van der Waals surface area contributed by atoms with Crippen molar-refractivity contribution in [3.8, 4) is 11.5 Å². The molecule has 1 spiro atoms. The molecular formula is C26H31NO9.